The van der Waals surface area contributed by atoms with Crippen molar-refractivity contribution in [3.8, 4) is 0 Å². The van der Waals surface area contributed by atoms with Gasteiger partial charge < -0.3 is 16.0 Å². The highest BCUT2D eigenvalue weighted by Crippen LogP contribution is 2.32. The van der Waals surface area contributed by atoms with Gasteiger partial charge in [0.25, 0.3) is 17.7 Å². The first-order valence-electron chi connectivity index (χ1n) is 11.8. The molecule has 12 heteroatoms. The van der Waals surface area contributed by atoms with Gasteiger partial charge in [0.1, 0.15) is 29.7 Å². The number of carbonyl (C=O) groups excluding carboxylic acids is 3. The van der Waals surface area contributed by atoms with Crippen molar-refractivity contribution in [1.82, 2.24) is 30.9 Å². The van der Waals surface area contributed by atoms with Crippen molar-refractivity contribution in [3.05, 3.63) is 48.2 Å². The average molecular weight is 547 g/mol. The highest BCUT2D eigenvalue weighted by molar-refractivity contribution is 7.14. The Hall–Kier alpha value is -2.70. The second kappa shape index (κ2) is 10.7. The molecule has 192 valence electrons. The zero-order valence-corrected chi connectivity index (χ0v) is 23.4. The molecule has 0 aliphatic carbocycles. The number of hydrogen-bond donors (Lipinski definition) is 3. The Labute approximate surface area is 222 Å². The lowest BCUT2D eigenvalue weighted by Gasteiger charge is -2.21. The van der Waals surface area contributed by atoms with E-state index < -0.39 is 0 Å². The number of carbonyl (C=O) groups is 3. The first kappa shape index (κ1) is 26.4. The van der Waals surface area contributed by atoms with Gasteiger partial charge in [-0.1, -0.05) is 41.5 Å². The van der Waals surface area contributed by atoms with E-state index in [1.807, 2.05) is 41.5 Å². The molecule has 0 spiro atoms. The van der Waals surface area contributed by atoms with Crippen LogP contribution >= 0.6 is 34.0 Å². The van der Waals surface area contributed by atoms with Crippen LogP contribution in [0.4, 0.5) is 0 Å². The zero-order chi connectivity index (χ0) is 26.1. The highest BCUT2D eigenvalue weighted by Gasteiger charge is 2.30. The summed E-state index contributed by atoms with van der Waals surface area (Å²) >= 11 is 3.79. The van der Waals surface area contributed by atoms with Crippen LogP contribution < -0.4 is 16.0 Å². The van der Waals surface area contributed by atoms with E-state index in [-0.39, 0.29) is 53.6 Å². The Morgan fingerprint density at radius 2 is 0.806 bits per heavy atom. The smallest absolute Gasteiger partial charge is 0.263 e. The van der Waals surface area contributed by atoms with Gasteiger partial charge in [-0.2, -0.15) is 0 Å². The molecule has 1 aliphatic heterocycles. The molecule has 4 rings (SSSR count). The summed E-state index contributed by atoms with van der Waals surface area (Å²) in [5, 5.41) is 11.2. The topological polar surface area (TPSA) is 126 Å². The van der Waals surface area contributed by atoms with Crippen LogP contribution in [0, 0.1) is 17.8 Å². The minimum absolute atomic E-state index is 0.0499. The van der Waals surface area contributed by atoms with Gasteiger partial charge in [-0.3, -0.25) is 14.4 Å². The highest BCUT2D eigenvalue weighted by atomic mass is 32.1. The van der Waals surface area contributed by atoms with Crippen molar-refractivity contribution in [3.63, 3.8) is 0 Å². The van der Waals surface area contributed by atoms with E-state index in [0.29, 0.717) is 29.7 Å². The largest absolute Gasteiger partial charge is 0.342 e. The maximum Gasteiger partial charge on any atom is 0.263 e. The van der Waals surface area contributed by atoms with Crippen LogP contribution in [0.15, 0.2) is 18.6 Å². The van der Waals surface area contributed by atoms with E-state index in [4.69, 9.17) is 0 Å². The van der Waals surface area contributed by atoms with E-state index >= 15 is 0 Å². The van der Waals surface area contributed by atoms with Crippen molar-refractivity contribution < 1.29 is 14.4 Å². The number of nitrogens with one attached hydrogen (secondary N) is 3. The normalized spacial score (nSPS) is 21.2. The molecule has 0 aromatic carbocycles. The van der Waals surface area contributed by atoms with Crippen LogP contribution in [0.3, 0.4) is 0 Å². The minimum Gasteiger partial charge on any atom is -0.342 e. The number of fused-ring (bicyclic) bond motifs is 6. The molecule has 3 amide bonds. The summed E-state index contributed by atoms with van der Waals surface area (Å²) < 4.78 is 0. The molecular weight excluding hydrogens is 517 g/mol. The van der Waals surface area contributed by atoms with Crippen molar-refractivity contribution >= 4 is 51.7 Å². The van der Waals surface area contributed by atoms with Crippen LogP contribution in [0.5, 0.6) is 0 Å². The molecule has 0 saturated heterocycles. The fraction of sp³-hybridized carbons (Fsp3) is 0.500. The van der Waals surface area contributed by atoms with E-state index in [9.17, 15) is 14.4 Å². The molecule has 0 radical (unpaired) electrons. The van der Waals surface area contributed by atoms with E-state index in [1.165, 1.54) is 34.0 Å². The van der Waals surface area contributed by atoms with Gasteiger partial charge in [0, 0.05) is 0 Å². The quantitative estimate of drug-likeness (QED) is 0.435. The minimum atomic E-state index is -0.364. The fourth-order valence-electron chi connectivity index (χ4n) is 3.79. The van der Waals surface area contributed by atoms with Crippen molar-refractivity contribution in [1.29, 1.82) is 0 Å². The summed E-state index contributed by atoms with van der Waals surface area (Å²) in [7, 11) is 0. The van der Waals surface area contributed by atoms with Crippen LogP contribution in [-0.4, -0.2) is 32.7 Å². The zero-order valence-electron chi connectivity index (χ0n) is 21.0. The summed E-state index contributed by atoms with van der Waals surface area (Å²) in [4.78, 5) is 54.2. The number of hydrogen-bond acceptors (Lipinski definition) is 9. The third-order valence-corrected chi connectivity index (χ3v) is 9.14. The number of amides is 3. The van der Waals surface area contributed by atoms with Gasteiger partial charge in [-0.25, -0.2) is 15.0 Å². The predicted octanol–water partition coefficient (Wildman–Crippen LogP) is 4.75. The monoisotopic (exact) mass is 546 g/mol. The second-order valence-corrected chi connectivity index (χ2v) is 13.0. The predicted molar refractivity (Wildman–Crippen MR) is 141 cm³/mol. The van der Waals surface area contributed by atoms with Crippen molar-refractivity contribution in [2.75, 3.05) is 0 Å². The number of aromatic nitrogens is 3. The summed E-state index contributed by atoms with van der Waals surface area (Å²) in [6.07, 6.45) is 4.63. The van der Waals surface area contributed by atoms with Gasteiger partial charge in [-0.15, -0.1) is 34.0 Å². The Morgan fingerprint density at radius 3 is 1.03 bits per heavy atom. The SMILES string of the molecule is CC(C)[C@H]1NC(=O)c2cnc(s2)[C@@H](C(C)C)NC(=O)c2cnc(s2)[C@@H](C(C)C)NC(=O)c2cnc1s2. The molecule has 6 bridgehead atoms. The van der Waals surface area contributed by atoms with Crippen LogP contribution in [0.2, 0.25) is 0 Å². The van der Waals surface area contributed by atoms with E-state index in [1.54, 1.807) is 18.6 Å². The Morgan fingerprint density at radius 1 is 0.556 bits per heavy atom. The van der Waals surface area contributed by atoms with Crippen molar-refractivity contribution in [2.24, 2.45) is 17.8 Å². The van der Waals surface area contributed by atoms with E-state index in [0.717, 1.165) is 0 Å². The Kier molecular flexibility index (Phi) is 7.86. The molecule has 4 heterocycles. The first-order chi connectivity index (χ1) is 17.0. The molecule has 0 fully saturated rings. The Bertz CT molecular complexity index is 1110. The summed E-state index contributed by atoms with van der Waals surface area (Å²) in [6, 6.07) is -1.09. The van der Waals surface area contributed by atoms with Crippen LogP contribution in [0.1, 0.15) is 104 Å². The lowest BCUT2D eigenvalue weighted by molar-refractivity contribution is 0.0921. The van der Waals surface area contributed by atoms with E-state index in [2.05, 4.69) is 30.9 Å². The van der Waals surface area contributed by atoms with Crippen molar-refractivity contribution in [2.45, 2.75) is 59.7 Å². The molecule has 3 atom stereocenters. The van der Waals surface area contributed by atoms with Gasteiger partial charge in [-0.05, 0) is 17.8 Å². The maximum atomic E-state index is 13.1. The third kappa shape index (κ3) is 5.50. The van der Waals surface area contributed by atoms with Gasteiger partial charge in [0.05, 0.1) is 36.7 Å². The van der Waals surface area contributed by atoms with Gasteiger partial charge in [0.15, 0.2) is 0 Å². The second-order valence-electron chi connectivity index (χ2n) is 9.77. The van der Waals surface area contributed by atoms with Gasteiger partial charge >= 0.3 is 0 Å². The molecule has 3 aromatic rings. The summed E-state index contributed by atoms with van der Waals surface area (Å²) in [5.74, 6) is -0.640. The standard InChI is InChI=1S/C24H30N6O3S3/c1-10(2)16-22-25-7-14(34-22)20(32)29-18(12(5)6)24-27-9-15(36-24)21(33)30-17(11(3)4)23-26-8-13(35-23)19(31)28-16/h7-12,16-18H,1-6H3,(H,28,31)(H,29,32)(H,30,33)/t16-,17-,18-/m1/s1. The summed E-state index contributed by atoms with van der Waals surface area (Å²) in [6.45, 7) is 12.0. The summed E-state index contributed by atoms with van der Waals surface area (Å²) in [5.41, 5.74) is 0. The average Bonchev–Trinajstić information content (AvgIpc) is 3.58. The van der Waals surface area contributed by atoms with Crippen LogP contribution in [-0.2, 0) is 0 Å². The lowest BCUT2D eigenvalue weighted by Crippen LogP contribution is -2.32. The molecule has 0 saturated carbocycles. The first-order valence-corrected chi connectivity index (χ1v) is 14.3. The maximum absolute atomic E-state index is 13.1. The Balaban J connectivity index is 1.78. The fourth-order valence-corrected chi connectivity index (χ4v) is 6.92. The number of rotatable bonds is 3. The molecule has 36 heavy (non-hydrogen) atoms. The number of nitrogens with zero attached hydrogens (tertiary/aromatic N) is 3. The lowest BCUT2D eigenvalue weighted by atomic mass is 10.1. The molecule has 0 unspecified atom stereocenters. The molecular formula is C24H30N6O3S3. The molecule has 9 nitrogen and oxygen atoms in total. The molecule has 1 aliphatic rings. The van der Waals surface area contributed by atoms with Gasteiger partial charge in [0.2, 0.25) is 0 Å². The molecule has 3 aromatic heterocycles. The number of thiazole rings is 3. The molecule has 3 N–H and O–H groups in total. The van der Waals surface area contributed by atoms with Crippen LogP contribution in [0.25, 0.3) is 0 Å². The third-order valence-electron chi connectivity index (χ3n) is 5.90.